The molecule has 0 amide bonds. The maximum atomic E-state index is 5.26. The van der Waals surface area contributed by atoms with Gasteiger partial charge in [-0.2, -0.15) is 0 Å². The lowest BCUT2D eigenvalue weighted by Gasteiger charge is -2.19. The predicted octanol–water partition coefficient (Wildman–Crippen LogP) is 3.14. The van der Waals surface area contributed by atoms with Gasteiger partial charge in [-0.1, -0.05) is 12.1 Å². The fourth-order valence-corrected chi connectivity index (χ4v) is 2.65. The van der Waals surface area contributed by atoms with E-state index in [1.54, 1.807) is 13.3 Å². The van der Waals surface area contributed by atoms with Gasteiger partial charge in [0.05, 0.1) is 7.11 Å². The molecule has 3 aromatic rings. The molecule has 0 atom stereocenters. The summed E-state index contributed by atoms with van der Waals surface area (Å²) in [4.78, 5) is 11.0. The second-order valence-electron chi connectivity index (χ2n) is 4.75. The van der Waals surface area contributed by atoms with E-state index in [9.17, 15) is 0 Å². The Morgan fingerprint density at radius 2 is 2.24 bits per heavy atom. The summed E-state index contributed by atoms with van der Waals surface area (Å²) in [5, 5.41) is 0. The zero-order chi connectivity index (χ0) is 14.8. The summed E-state index contributed by atoms with van der Waals surface area (Å²) < 4.78 is 7.99. The molecule has 5 nitrogen and oxygen atoms in total. The summed E-state index contributed by atoms with van der Waals surface area (Å²) in [6.07, 6.45) is 5.57. The number of benzene rings is 1. The van der Waals surface area contributed by atoms with Crippen molar-refractivity contribution in [3.05, 3.63) is 53.0 Å². The Labute approximate surface area is 131 Å². The zero-order valence-corrected chi connectivity index (χ0v) is 13.4. The Morgan fingerprint density at radius 1 is 1.38 bits per heavy atom. The molecule has 21 heavy (non-hydrogen) atoms. The summed E-state index contributed by atoms with van der Waals surface area (Å²) in [6.45, 7) is 0.725. The van der Waals surface area contributed by atoms with Crippen LogP contribution in [0.25, 0.3) is 5.65 Å². The summed E-state index contributed by atoms with van der Waals surface area (Å²) in [7, 11) is 3.68. The van der Waals surface area contributed by atoms with Gasteiger partial charge in [0, 0.05) is 32.2 Å². The first-order valence-corrected chi connectivity index (χ1v) is 7.30. The molecule has 0 N–H and O–H groups in total. The van der Waals surface area contributed by atoms with Crippen molar-refractivity contribution < 1.29 is 4.74 Å². The number of halogens is 1. The van der Waals surface area contributed by atoms with E-state index in [4.69, 9.17) is 4.74 Å². The van der Waals surface area contributed by atoms with Crippen molar-refractivity contribution in [2.45, 2.75) is 6.54 Å². The number of aromatic nitrogens is 3. The van der Waals surface area contributed by atoms with Gasteiger partial charge in [0.25, 0.3) is 0 Å². The van der Waals surface area contributed by atoms with Crippen molar-refractivity contribution in [3.63, 3.8) is 0 Å². The van der Waals surface area contributed by atoms with Crippen LogP contribution in [0.1, 0.15) is 5.56 Å². The molecule has 3 rings (SSSR count). The Balaban J connectivity index is 1.93. The molecule has 2 heterocycles. The van der Waals surface area contributed by atoms with Crippen LogP contribution in [0.5, 0.6) is 5.75 Å². The molecule has 108 valence electrons. The van der Waals surface area contributed by atoms with Crippen LogP contribution in [0.3, 0.4) is 0 Å². The van der Waals surface area contributed by atoms with Crippen molar-refractivity contribution in [2.24, 2.45) is 0 Å². The number of nitrogens with zero attached hydrogens (tertiary/aromatic N) is 4. The lowest BCUT2D eigenvalue weighted by Crippen LogP contribution is -2.19. The van der Waals surface area contributed by atoms with Crippen LogP contribution < -0.4 is 9.64 Å². The smallest absolute Gasteiger partial charge is 0.180 e. The van der Waals surface area contributed by atoms with E-state index in [0.717, 1.165) is 33.9 Å². The molecule has 6 heteroatoms. The van der Waals surface area contributed by atoms with Crippen LogP contribution in [-0.4, -0.2) is 28.5 Å². The highest BCUT2D eigenvalue weighted by molar-refractivity contribution is 9.10. The van der Waals surface area contributed by atoms with Gasteiger partial charge in [-0.25, -0.2) is 9.97 Å². The Hall–Kier alpha value is -2.08. The van der Waals surface area contributed by atoms with Crippen LogP contribution in [-0.2, 0) is 6.54 Å². The molecule has 0 fully saturated rings. The summed E-state index contributed by atoms with van der Waals surface area (Å²) in [5.41, 5.74) is 1.99. The van der Waals surface area contributed by atoms with Crippen LogP contribution in [0, 0.1) is 0 Å². The van der Waals surface area contributed by atoms with Crippen LogP contribution in [0.4, 0.5) is 5.82 Å². The number of anilines is 1. The highest BCUT2D eigenvalue weighted by atomic mass is 79.9. The van der Waals surface area contributed by atoms with Gasteiger partial charge in [0.2, 0.25) is 0 Å². The Bertz CT molecular complexity index is 771. The number of fused-ring (bicyclic) bond motifs is 1. The maximum Gasteiger partial charge on any atom is 0.180 e. The molecule has 0 unspecified atom stereocenters. The average molecular weight is 347 g/mol. The third kappa shape index (κ3) is 2.85. The number of hydrogen-bond donors (Lipinski definition) is 0. The first-order valence-electron chi connectivity index (χ1n) is 6.50. The zero-order valence-electron chi connectivity index (χ0n) is 11.8. The van der Waals surface area contributed by atoms with Gasteiger partial charge in [-0.15, -0.1) is 0 Å². The minimum atomic E-state index is 0.725. The average Bonchev–Trinajstić information content (AvgIpc) is 2.94. The Kier molecular flexibility index (Phi) is 3.79. The lowest BCUT2D eigenvalue weighted by molar-refractivity contribution is 0.414. The molecule has 0 aliphatic heterocycles. The van der Waals surface area contributed by atoms with Crippen LogP contribution >= 0.6 is 15.9 Å². The fourth-order valence-electron chi connectivity index (χ4n) is 2.26. The molecule has 0 radical (unpaired) electrons. The first-order chi connectivity index (χ1) is 10.2. The standard InChI is InChI=1S/C15H15BrN4O/c1-19(9-11-4-3-5-12(8-11)21-2)15-14-17-6-7-20(14)10-13(16)18-15/h3-8,10H,9H2,1-2H3. The van der Waals surface area contributed by atoms with Crippen molar-refractivity contribution in [3.8, 4) is 5.75 Å². The molecule has 0 bridgehead atoms. The monoisotopic (exact) mass is 346 g/mol. The molecule has 0 aliphatic rings. The maximum absolute atomic E-state index is 5.26. The van der Waals surface area contributed by atoms with E-state index in [-0.39, 0.29) is 0 Å². The van der Waals surface area contributed by atoms with Gasteiger partial charge in [0.15, 0.2) is 11.5 Å². The summed E-state index contributed by atoms with van der Waals surface area (Å²) in [6, 6.07) is 8.02. The van der Waals surface area contributed by atoms with Gasteiger partial charge < -0.3 is 14.0 Å². The number of methoxy groups -OCH3 is 1. The topological polar surface area (TPSA) is 42.7 Å². The molecule has 0 aliphatic carbocycles. The fraction of sp³-hybridized carbons (Fsp3) is 0.200. The highest BCUT2D eigenvalue weighted by Crippen LogP contribution is 2.22. The molecule has 1 aromatic carbocycles. The quantitative estimate of drug-likeness (QED) is 0.727. The third-order valence-electron chi connectivity index (χ3n) is 3.24. The molecule has 0 saturated carbocycles. The second kappa shape index (κ2) is 5.73. The van der Waals surface area contributed by atoms with E-state index in [0.29, 0.717) is 0 Å². The van der Waals surface area contributed by atoms with E-state index in [2.05, 4.69) is 36.9 Å². The number of hydrogen-bond acceptors (Lipinski definition) is 4. The lowest BCUT2D eigenvalue weighted by atomic mass is 10.2. The van der Waals surface area contributed by atoms with Crippen molar-refractivity contribution >= 4 is 27.4 Å². The minimum Gasteiger partial charge on any atom is -0.497 e. The van der Waals surface area contributed by atoms with Gasteiger partial charge in [-0.3, -0.25) is 0 Å². The molecular weight excluding hydrogens is 332 g/mol. The first kappa shape index (κ1) is 13.9. The minimum absolute atomic E-state index is 0.725. The number of rotatable bonds is 4. The van der Waals surface area contributed by atoms with E-state index in [1.807, 2.05) is 42.0 Å². The Morgan fingerprint density at radius 3 is 3.05 bits per heavy atom. The van der Waals surface area contributed by atoms with Crippen molar-refractivity contribution in [1.29, 1.82) is 0 Å². The normalized spacial score (nSPS) is 10.8. The van der Waals surface area contributed by atoms with E-state index in [1.165, 1.54) is 0 Å². The van der Waals surface area contributed by atoms with Gasteiger partial charge >= 0.3 is 0 Å². The molecule has 0 spiro atoms. The molecular formula is C15H15BrN4O. The van der Waals surface area contributed by atoms with E-state index < -0.39 is 0 Å². The highest BCUT2D eigenvalue weighted by Gasteiger charge is 2.11. The largest absolute Gasteiger partial charge is 0.497 e. The van der Waals surface area contributed by atoms with Gasteiger partial charge in [0.1, 0.15) is 10.4 Å². The molecule has 2 aromatic heterocycles. The summed E-state index contributed by atoms with van der Waals surface area (Å²) >= 11 is 3.44. The van der Waals surface area contributed by atoms with Gasteiger partial charge in [-0.05, 0) is 33.6 Å². The van der Waals surface area contributed by atoms with Crippen LogP contribution in [0.15, 0.2) is 47.5 Å². The van der Waals surface area contributed by atoms with Crippen LogP contribution in [0.2, 0.25) is 0 Å². The SMILES string of the molecule is COc1cccc(CN(C)c2nc(Br)cn3ccnc23)c1. The summed E-state index contributed by atoms with van der Waals surface area (Å²) in [5.74, 6) is 1.69. The van der Waals surface area contributed by atoms with E-state index >= 15 is 0 Å². The number of ether oxygens (including phenoxy) is 1. The second-order valence-corrected chi connectivity index (χ2v) is 5.57. The van der Waals surface area contributed by atoms with Crippen molar-refractivity contribution in [1.82, 2.24) is 14.4 Å². The third-order valence-corrected chi connectivity index (χ3v) is 3.62. The number of imidazole rings is 1. The molecule has 0 saturated heterocycles. The van der Waals surface area contributed by atoms with Crippen molar-refractivity contribution in [2.75, 3.05) is 19.1 Å². The predicted molar refractivity (Wildman–Crippen MR) is 85.8 cm³/mol.